The van der Waals surface area contributed by atoms with Gasteiger partial charge in [0.05, 0.1) is 6.61 Å². The molecule has 0 aliphatic heterocycles. The number of phenols is 1. The second-order valence-electron chi connectivity index (χ2n) is 2.15. The van der Waals surface area contributed by atoms with Crippen LogP contribution < -0.4 is 29.6 Å². The van der Waals surface area contributed by atoms with Crippen molar-refractivity contribution >= 4 is 10.4 Å². The second-order valence-corrected chi connectivity index (χ2v) is 3.20. The molecule has 1 aromatic carbocycles. The Hall–Kier alpha value is -0.110. The summed E-state index contributed by atoms with van der Waals surface area (Å²) in [5.74, 6) is 0.322. The van der Waals surface area contributed by atoms with E-state index in [0.717, 1.165) is 0 Å². The SMILES string of the molecule is CCOS(=O)(=O)[O-].Oc1ccccc1.[Na+]. The Labute approximate surface area is 111 Å². The first-order valence-corrected chi connectivity index (χ1v) is 5.13. The molecule has 5 nitrogen and oxygen atoms in total. The molecule has 0 bridgehead atoms. The van der Waals surface area contributed by atoms with Gasteiger partial charge in [0.1, 0.15) is 5.75 Å². The van der Waals surface area contributed by atoms with E-state index in [1.807, 2.05) is 6.07 Å². The predicted molar refractivity (Wildman–Crippen MR) is 49.4 cm³/mol. The molecule has 0 heterocycles. The molecule has 0 radical (unpaired) electrons. The molecule has 0 fully saturated rings. The standard InChI is InChI=1S/C6H6O.C2H6O4S.Na/c7-6-4-2-1-3-5-6;1-2-6-7(3,4)5;/h1-5,7H;2H2,1H3,(H,3,4,5);/q;;+1/p-1. The maximum Gasteiger partial charge on any atom is 1.00 e. The van der Waals surface area contributed by atoms with Crippen LogP contribution in [0.3, 0.4) is 0 Å². The first kappa shape index (κ1) is 17.3. The van der Waals surface area contributed by atoms with Gasteiger partial charge in [0.25, 0.3) is 0 Å². The summed E-state index contributed by atoms with van der Waals surface area (Å²) >= 11 is 0. The minimum absolute atomic E-state index is 0. The summed E-state index contributed by atoms with van der Waals surface area (Å²) in [5.41, 5.74) is 0. The Morgan fingerprint density at radius 1 is 1.33 bits per heavy atom. The number of aromatic hydroxyl groups is 1. The molecule has 0 amide bonds. The zero-order chi connectivity index (χ0) is 11.0. The van der Waals surface area contributed by atoms with E-state index < -0.39 is 10.4 Å². The van der Waals surface area contributed by atoms with Gasteiger partial charge in [-0.25, -0.2) is 8.42 Å². The summed E-state index contributed by atoms with van der Waals surface area (Å²) in [6.45, 7) is 1.33. The van der Waals surface area contributed by atoms with Crippen molar-refractivity contribution in [2.45, 2.75) is 6.92 Å². The van der Waals surface area contributed by atoms with Gasteiger partial charge in [-0.1, -0.05) is 18.2 Å². The fraction of sp³-hybridized carbons (Fsp3) is 0.250. The maximum atomic E-state index is 9.45. The van der Waals surface area contributed by atoms with Gasteiger partial charge in [-0.15, -0.1) is 0 Å². The van der Waals surface area contributed by atoms with Gasteiger partial charge in [-0.3, -0.25) is 4.18 Å². The van der Waals surface area contributed by atoms with Gasteiger partial charge in [0.15, 0.2) is 0 Å². The van der Waals surface area contributed by atoms with Crippen molar-refractivity contribution in [3.8, 4) is 5.75 Å². The molecule has 0 unspecified atom stereocenters. The molecule has 0 spiro atoms. The summed E-state index contributed by atoms with van der Waals surface area (Å²) in [6, 6.07) is 8.71. The van der Waals surface area contributed by atoms with Crippen molar-refractivity contribution in [2.24, 2.45) is 0 Å². The Morgan fingerprint density at radius 3 is 1.93 bits per heavy atom. The molecule has 1 rings (SSSR count). The normalized spacial score (nSPS) is 9.47. The van der Waals surface area contributed by atoms with Crippen LogP contribution in [0.15, 0.2) is 30.3 Å². The number of hydrogen-bond acceptors (Lipinski definition) is 5. The van der Waals surface area contributed by atoms with E-state index in [1.165, 1.54) is 6.92 Å². The van der Waals surface area contributed by atoms with Crippen molar-refractivity contribution in [1.29, 1.82) is 0 Å². The topological polar surface area (TPSA) is 86.7 Å². The van der Waals surface area contributed by atoms with E-state index in [4.69, 9.17) is 5.11 Å². The van der Waals surface area contributed by atoms with Crippen LogP contribution in [0, 0.1) is 0 Å². The third kappa shape index (κ3) is 13.9. The molecule has 0 aliphatic carbocycles. The van der Waals surface area contributed by atoms with Gasteiger partial charge < -0.3 is 9.66 Å². The van der Waals surface area contributed by atoms with Crippen LogP contribution in [0.25, 0.3) is 0 Å². The van der Waals surface area contributed by atoms with Crippen molar-refractivity contribution in [2.75, 3.05) is 6.61 Å². The quantitative estimate of drug-likeness (QED) is 0.364. The zero-order valence-corrected chi connectivity index (χ0v) is 11.4. The number of para-hydroxylation sites is 1. The predicted octanol–water partition coefficient (Wildman–Crippen LogP) is -2.12. The number of phenolic OH excluding ortho intramolecular Hbond substituents is 1. The average Bonchev–Trinajstić information content (AvgIpc) is 2.04. The number of rotatable bonds is 2. The van der Waals surface area contributed by atoms with Crippen molar-refractivity contribution in [1.82, 2.24) is 0 Å². The van der Waals surface area contributed by atoms with E-state index in [0.29, 0.717) is 5.75 Å². The van der Waals surface area contributed by atoms with Gasteiger partial charge >= 0.3 is 29.6 Å². The fourth-order valence-corrected chi connectivity index (χ4v) is 0.861. The summed E-state index contributed by atoms with van der Waals surface area (Å²) in [5, 5.41) is 8.63. The molecule has 80 valence electrons. The van der Waals surface area contributed by atoms with E-state index in [2.05, 4.69) is 4.18 Å². The largest absolute Gasteiger partial charge is 1.00 e. The van der Waals surface area contributed by atoms with Gasteiger partial charge in [-0.2, -0.15) is 0 Å². The summed E-state index contributed by atoms with van der Waals surface area (Å²) < 4.78 is 32.0. The molecule has 1 N–H and O–H groups in total. The zero-order valence-electron chi connectivity index (χ0n) is 8.58. The molecular weight excluding hydrogens is 231 g/mol. The van der Waals surface area contributed by atoms with E-state index in [1.54, 1.807) is 24.3 Å². The monoisotopic (exact) mass is 242 g/mol. The van der Waals surface area contributed by atoms with Crippen molar-refractivity contribution < 1.29 is 51.8 Å². The molecule has 0 saturated heterocycles. The van der Waals surface area contributed by atoms with Gasteiger partial charge in [0.2, 0.25) is 10.4 Å². The molecule has 1 aromatic rings. The van der Waals surface area contributed by atoms with Crippen LogP contribution in [0.4, 0.5) is 0 Å². The Bertz CT molecular complexity index is 337. The third-order valence-corrected chi connectivity index (χ3v) is 1.54. The Morgan fingerprint density at radius 2 is 1.80 bits per heavy atom. The Balaban J connectivity index is 0. The van der Waals surface area contributed by atoms with E-state index in [9.17, 15) is 13.0 Å². The van der Waals surface area contributed by atoms with Crippen LogP contribution in [0.2, 0.25) is 0 Å². The molecular formula is C8H11NaO5S. The van der Waals surface area contributed by atoms with Crippen LogP contribution in [-0.2, 0) is 14.6 Å². The van der Waals surface area contributed by atoms with Crippen LogP contribution in [0.1, 0.15) is 6.92 Å². The maximum absolute atomic E-state index is 9.45. The summed E-state index contributed by atoms with van der Waals surface area (Å²) in [6.07, 6.45) is 0. The molecule has 0 aromatic heterocycles. The molecule has 0 atom stereocenters. The summed E-state index contributed by atoms with van der Waals surface area (Å²) in [4.78, 5) is 0. The molecule has 0 aliphatic rings. The molecule has 7 heteroatoms. The van der Waals surface area contributed by atoms with Crippen molar-refractivity contribution in [3.63, 3.8) is 0 Å². The first-order chi connectivity index (χ1) is 6.45. The fourth-order valence-electron chi connectivity index (χ4n) is 0.572. The van der Waals surface area contributed by atoms with Gasteiger partial charge in [0, 0.05) is 0 Å². The smallest absolute Gasteiger partial charge is 0.726 e. The Kier molecular flexibility index (Phi) is 10.5. The minimum atomic E-state index is -4.42. The van der Waals surface area contributed by atoms with E-state index in [-0.39, 0.29) is 36.2 Å². The second kappa shape index (κ2) is 9.14. The minimum Gasteiger partial charge on any atom is -0.726 e. The van der Waals surface area contributed by atoms with Crippen LogP contribution >= 0.6 is 0 Å². The molecule has 0 saturated carbocycles. The van der Waals surface area contributed by atoms with Crippen molar-refractivity contribution in [3.05, 3.63) is 30.3 Å². The number of hydrogen-bond donors (Lipinski definition) is 1. The average molecular weight is 242 g/mol. The van der Waals surface area contributed by atoms with Gasteiger partial charge in [-0.05, 0) is 19.1 Å². The first-order valence-electron chi connectivity index (χ1n) is 3.80. The number of benzene rings is 1. The third-order valence-electron chi connectivity index (χ3n) is 1.02. The summed E-state index contributed by atoms with van der Waals surface area (Å²) in [7, 11) is -4.42. The molecule has 15 heavy (non-hydrogen) atoms. The van der Waals surface area contributed by atoms with Crippen LogP contribution in [-0.4, -0.2) is 24.7 Å². The van der Waals surface area contributed by atoms with Crippen LogP contribution in [0.5, 0.6) is 5.75 Å². The van der Waals surface area contributed by atoms with E-state index >= 15 is 0 Å².